The van der Waals surface area contributed by atoms with Crippen LogP contribution < -0.4 is 20.7 Å². The summed E-state index contributed by atoms with van der Waals surface area (Å²) in [4.78, 5) is 0. The summed E-state index contributed by atoms with van der Waals surface area (Å²) >= 11 is 3.34. The zero-order valence-corrected chi connectivity index (χ0v) is 9.01. The zero-order chi connectivity index (χ0) is 9.84. The summed E-state index contributed by atoms with van der Waals surface area (Å²) in [5.74, 6) is 6.55. The van der Waals surface area contributed by atoms with Crippen LogP contribution in [-0.2, 0) is 0 Å². The van der Waals surface area contributed by atoms with Gasteiger partial charge >= 0.3 is 0 Å². The van der Waals surface area contributed by atoms with Crippen LogP contribution in [0.5, 0.6) is 11.5 Å². The molecule has 13 heavy (non-hydrogen) atoms. The molecule has 0 aliphatic carbocycles. The van der Waals surface area contributed by atoms with Crippen molar-refractivity contribution in [3.05, 3.63) is 16.6 Å². The Morgan fingerprint density at radius 1 is 1.31 bits per heavy atom. The Kier molecular flexibility index (Phi) is 3.39. The molecule has 0 amide bonds. The Morgan fingerprint density at radius 2 is 2.00 bits per heavy atom. The van der Waals surface area contributed by atoms with Gasteiger partial charge in [0.05, 0.1) is 24.4 Å². The number of benzene rings is 1. The monoisotopic (exact) mass is 246 g/mol. The zero-order valence-electron chi connectivity index (χ0n) is 7.43. The lowest BCUT2D eigenvalue weighted by Gasteiger charge is -2.11. The van der Waals surface area contributed by atoms with Gasteiger partial charge in [0.25, 0.3) is 0 Å². The van der Waals surface area contributed by atoms with E-state index in [0.717, 1.165) is 10.2 Å². The molecule has 0 spiro atoms. The smallest absolute Gasteiger partial charge is 0.175 e. The van der Waals surface area contributed by atoms with Gasteiger partial charge in [-0.3, -0.25) is 5.84 Å². The second kappa shape index (κ2) is 4.34. The maximum absolute atomic E-state index is 5.27. The molecule has 1 rings (SSSR count). The molecule has 3 N–H and O–H groups in total. The van der Waals surface area contributed by atoms with Crippen LogP contribution in [-0.4, -0.2) is 14.2 Å². The Hall–Kier alpha value is -0.940. The van der Waals surface area contributed by atoms with Crippen molar-refractivity contribution in [2.75, 3.05) is 19.6 Å². The molecule has 1 aromatic carbocycles. The van der Waals surface area contributed by atoms with Gasteiger partial charge in [0.1, 0.15) is 0 Å². The van der Waals surface area contributed by atoms with E-state index in [1.807, 2.05) is 0 Å². The van der Waals surface area contributed by atoms with E-state index in [0.29, 0.717) is 11.5 Å². The second-order valence-corrected chi connectivity index (χ2v) is 3.19. The van der Waals surface area contributed by atoms with Crippen LogP contribution in [0, 0.1) is 0 Å². The number of hydrogen-bond acceptors (Lipinski definition) is 4. The SMILES string of the molecule is COc1cc(NN)cc(Br)c1OC. The summed E-state index contributed by atoms with van der Waals surface area (Å²) in [6.45, 7) is 0. The van der Waals surface area contributed by atoms with Crippen molar-refractivity contribution in [2.24, 2.45) is 5.84 Å². The van der Waals surface area contributed by atoms with Gasteiger partial charge in [-0.1, -0.05) is 0 Å². The lowest BCUT2D eigenvalue weighted by molar-refractivity contribution is 0.353. The highest BCUT2D eigenvalue weighted by atomic mass is 79.9. The minimum atomic E-state index is 0.629. The fraction of sp³-hybridized carbons (Fsp3) is 0.250. The molecule has 4 nitrogen and oxygen atoms in total. The predicted octanol–water partition coefficient (Wildman–Crippen LogP) is 1.75. The molecule has 0 heterocycles. The molecule has 0 fully saturated rings. The molecule has 5 heteroatoms. The number of nitrogen functional groups attached to an aromatic ring is 1. The first-order valence-electron chi connectivity index (χ1n) is 3.61. The van der Waals surface area contributed by atoms with E-state index in [2.05, 4.69) is 21.4 Å². The van der Waals surface area contributed by atoms with Gasteiger partial charge in [-0.25, -0.2) is 0 Å². The number of nitrogens with one attached hydrogen (secondary N) is 1. The van der Waals surface area contributed by atoms with E-state index in [9.17, 15) is 0 Å². The summed E-state index contributed by atoms with van der Waals surface area (Å²) in [7, 11) is 3.16. The van der Waals surface area contributed by atoms with Gasteiger partial charge in [0, 0.05) is 6.07 Å². The number of hydrazine groups is 1. The number of ether oxygens (including phenoxy) is 2. The Morgan fingerprint density at radius 3 is 2.46 bits per heavy atom. The Labute approximate surface area is 85.1 Å². The summed E-state index contributed by atoms with van der Waals surface area (Å²) in [6, 6.07) is 3.56. The topological polar surface area (TPSA) is 56.5 Å². The summed E-state index contributed by atoms with van der Waals surface area (Å²) in [5.41, 5.74) is 3.28. The van der Waals surface area contributed by atoms with Crippen molar-refractivity contribution in [3.8, 4) is 11.5 Å². The fourth-order valence-corrected chi connectivity index (χ4v) is 1.61. The highest BCUT2D eigenvalue weighted by molar-refractivity contribution is 9.10. The van der Waals surface area contributed by atoms with Crippen LogP contribution in [0.15, 0.2) is 16.6 Å². The predicted molar refractivity (Wildman–Crippen MR) is 55.1 cm³/mol. The van der Waals surface area contributed by atoms with Crippen LogP contribution >= 0.6 is 15.9 Å². The third-order valence-corrected chi connectivity index (χ3v) is 2.19. The van der Waals surface area contributed by atoms with E-state index >= 15 is 0 Å². The largest absolute Gasteiger partial charge is 0.493 e. The summed E-state index contributed by atoms with van der Waals surface area (Å²) < 4.78 is 11.0. The molecule has 72 valence electrons. The number of hydrogen-bond donors (Lipinski definition) is 2. The highest BCUT2D eigenvalue weighted by Crippen LogP contribution is 2.37. The minimum Gasteiger partial charge on any atom is -0.493 e. The van der Waals surface area contributed by atoms with Gasteiger partial charge in [-0.2, -0.15) is 0 Å². The lowest BCUT2D eigenvalue weighted by atomic mass is 10.3. The molecule has 0 saturated carbocycles. The van der Waals surface area contributed by atoms with Crippen LogP contribution in [0.25, 0.3) is 0 Å². The number of halogens is 1. The maximum atomic E-state index is 5.27. The molecular weight excluding hydrogens is 236 g/mol. The van der Waals surface area contributed by atoms with Crippen LogP contribution in [0.4, 0.5) is 5.69 Å². The van der Waals surface area contributed by atoms with Gasteiger partial charge in [0.15, 0.2) is 11.5 Å². The Balaban J connectivity index is 3.20. The fourth-order valence-electron chi connectivity index (χ4n) is 1.00. The first-order chi connectivity index (χ1) is 6.22. The second-order valence-electron chi connectivity index (χ2n) is 2.34. The molecule has 0 bridgehead atoms. The Bertz CT molecular complexity index is 304. The van der Waals surface area contributed by atoms with E-state index in [1.165, 1.54) is 0 Å². The first-order valence-corrected chi connectivity index (χ1v) is 4.40. The van der Waals surface area contributed by atoms with Crippen molar-refractivity contribution in [1.29, 1.82) is 0 Å². The normalized spacial score (nSPS) is 9.54. The minimum absolute atomic E-state index is 0.629. The summed E-state index contributed by atoms with van der Waals surface area (Å²) in [6.07, 6.45) is 0. The van der Waals surface area contributed by atoms with E-state index in [4.69, 9.17) is 15.3 Å². The molecule has 1 aromatic rings. The van der Waals surface area contributed by atoms with Crippen molar-refractivity contribution in [2.45, 2.75) is 0 Å². The number of nitrogens with two attached hydrogens (primary N) is 1. The molecular formula is C8H11BrN2O2. The average Bonchev–Trinajstić information content (AvgIpc) is 2.16. The van der Waals surface area contributed by atoms with Crippen LogP contribution in [0.2, 0.25) is 0 Å². The van der Waals surface area contributed by atoms with Gasteiger partial charge in [-0.05, 0) is 22.0 Å². The first kappa shape index (κ1) is 10.1. The third kappa shape index (κ3) is 2.05. The summed E-state index contributed by atoms with van der Waals surface area (Å²) in [5, 5.41) is 0. The molecule has 0 aromatic heterocycles. The molecule has 0 aliphatic rings. The molecule has 0 aliphatic heterocycles. The third-order valence-electron chi connectivity index (χ3n) is 1.60. The lowest BCUT2D eigenvalue weighted by Crippen LogP contribution is -2.07. The number of rotatable bonds is 3. The average molecular weight is 247 g/mol. The number of anilines is 1. The van der Waals surface area contributed by atoms with Crippen LogP contribution in [0.1, 0.15) is 0 Å². The van der Waals surface area contributed by atoms with Crippen LogP contribution in [0.3, 0.4) is 0 Å². The quantitative estimate of drug-likeness (QED) is 0.631. The van der Waals surface area contributed by atoms with Crippen molar-refractivity contribution < 1.29 is 9.47 Å². The van der Waals surface area contributed by atoms with E-state index in [1.54, 1.807) is 26.4 Å². The molecule has 0 saturated heterocycles. The highest BCUT2D eigenvalue weighted by Gasteiger charge is 2.09. The number of methoxy groups -OCH3 is 2. The van der Waals surface area contributed by atoms with E-state index in [-0.39, 0.29) is 0 Å². The standard InChI is InChI=1S/C8H11BrN2O2/c1-12-7-4-5(11-10)3-6(9)8(7)13-2/h3-4,11H,10H2,1-2H3. The van der Waals surface area contributed by atoms with Crippen molar-refractivity contribution in [3.63, 3.8) is 0 Å². The molecule has 0 radical (unpaired) electrons. The van der Waals surface area contributed by atoms with E-state index < -0.39 is 0 Å². The maximum Gasteiger partial charge on any atom is 0.175 e. The van der Waals surface area contributed by atoms with Gasteiger partial charge < -0.3 is 14.9 Å². The van der Waals surface area contributed by atoms with Crippen molar-refractivity contribution >= 4 is 21.6 Å². The molecule has 0 atom stereocenters. The van der Waals surface area contributed by atoms with Gasteiger partial charge in [-0.15, -0.1) is 0 Å². The molecule has 0 unspecified atom stereocenters. The van der Waals surface area contributed by atoms with Crippen molar-refractivity contribution in [1.82, 2.24) is 0 Å². The van der Waals surface area contributed by atoms with Gasteiger partial charge in [0.2, 0.25) is 0 Å².